The highest BCUT2D eigenvalue weighted by Gasteiger charge is 2.19. The molecule has 0 radical (unpaired) electrons. The molecule has 0 saturated carbocycles. The zero-order chi connectivity index (χ0) is 28.4. The monoisotopic (exact) mass is 645 g/mol. The maximum Gasteiger partial charge on any atom is 0.189 e. The van der Waals surface area contributed by atoms with Crippen LogP contribution >= 0.6 is 15.9 Å². The van der Waals surface area contributed by atoms with E-state index in [0.29, 0.717) is 24.6 Å². The Morgan fingerprint density at radius 1 is 0.791 bits per heavy atom. The van der Waals surface area contributed by atoms with Gasteiger partial charge in [-0.1, -0.05) is 42.9 Å². The molecule has 3 aliphatic heterocycles. The fraction of sp³-hybridized carbons (Fsp3) is 0.281. The van der Waals surface area contributed by atoms with Crippen LogP contribution in [-0.4, -0.2) is 49.4 Å². The lowest BCUT2D eigenvalue weighted by Crippen LogP contribution is -2.32. The number of fused-ring (bicyclic) bond motifs is 3. The maximum atomic E-state index is 7.07. The van der Waals surface area contributed by atoms with E-state index in [9.17, 15) is 0 Å². The van der Waals surface area contributed by atoms with Crippen LogP contribution in [0.5, 0.6) is 17.2 Å². The highest BCUT2D eigenvalue weighted by atomic mass is 79.9. The Balaban J connectivity index is 0.000000179. The molecule has 3 N–H and O–H groups in total. The summed E-state index contributed by atoms with van der Waals surface area (Å²) in [6.07, 6.45) is 3.49. The van der Waals surface area contributed by atoms with Crippen LogP contribution in [0, 0.1) is 13.1 Å². The molecule has 4 heterocycles. The molecule has 7 rings (SSSR count). The Hall–Kier alpha value is -4.87. The first-order valence-corrected chi connectivity index (χ1v) is 13.8. The van der Waals surface area contributed by atoms with E-state index in [4.69, 9.17) is 27.4 Å². The molecule has 1 aromatic heterocycles. The van der Waals surface area contributed by atoms with Gasteiger partial charge in [-0.05, 0) is 42.5 Å². The van der Waals surface area contributed by atoms with Crippen molar-refractivity contribution in [3.63, 3.8) is 0 Å². The number of hydrogen-bond acceptors (Lipinski definition) is 7. The number of anilines is 3. The summed E-state index contributed by atoms with van der Waals surface area (Å²) < 4.78 is 17.4. The average molecular weight is 647 g/mol. The van der Waals surface area contributed by atoms with Crippen LogP contribution in [0.2, 0.25) is 0 Å². The van der Waals surface area contributed by atoms with Gasteiger partial charge in [0.05, 0.1) is 55.3 Å². The number of hydrogen-bond donors (Lipinski definition) is 3. The van der Waals surface area contributed by atoms with Gasteiger partial charge in [0.1, 0.15) is 37.1 Å². The molecular weight excluding hydrogens is 610 g/mol. The molecule has 4 aromatic rings. The molecule has 0 unspecified atom stereocenters. The van der Waals surface area contributed by atoms with Crippen LogP contribution in [0.15, 0.2) is 71.6 Å². The first-order valence-electron chi connectivity index (χ1n) is 13.0. The lowest BCUT2D eigenvalue weighted by molar-refractivity contribution is 0.307. The summed E-state index contributed by atoms with van der Waals surface area (Å²) in [5.41, 5.74) is 5.31. The van der Waals surface area contributed by atoms with Crippen molar-refractivity contribution < 1.29 is 14.2 Å². The number of nitrogens with one attached hydrogen (secondary N) is 3. The number of aromatic nitrogens is 2. The van der Waals surface area contributed by atoms with Crippen molar-refractivity contribution in [2.24, 2.45) is 0 Å². The molecule has 0 amide bonds. The van der Waals surface area contributed by atoms with Gasteiger partial charge in [0.25, 0.3) is 0 Å². The molecule has 224 valence electrons. The minimum absolute atomic E-state index is 0. The molecule has 11 heteroatoms. The fourth-order valence-corrected chi connectivity index (χ4v) is 4.74. The second kappa shape index (κ2) is 15.9. The lowest BCUT2D eigenvalue weighted by Gasteiger charge is -2.31. The SMILES string of the molecule is Brc1ccc2c(c1)NCCO2.C.C.[C-]#[N+]c1ccc2c(c1)N(Cc1cnc[nH]1)CCO2.[C-]#[N+]c1ccc2c(c1)NCCO2. The second-order valence-electron chi connectivity index (χ2n) is 9.09. The van der Waals surface area contributed by atoms with Crippen molar-refractivity contribution in [2.75, 3.05) is 55.0 Å². The van der Waals surface area contributed by atoms with E-state index in [1.165, 1.54) is 0 Å². The molecule has 43 heavy (non-hydrogen) atoms. The Morgan fingerprint density at radius 2 is 1.40 bits per heavy atom. The Morgan fingerprint density at radius 3 is 2.05 bits per heavy atom. The zero-order valence-electron chi connectivity index (χ0n) is 22.2. The third-order valence-electron chi connectivity index (χ3n) is 6.33. The van der Waals surface area contributed by atoms with Gasteiger partial charge < -0.3 is 34.7 Å². The van der Waals surface area contributed by atoms with E-state index in [-0.39, 0.29) is 14.9 Å². The molecule has 0 fully saturated rings. The summed E-state index contributed by atoms with van der Waals surface area (Å²) >= 11 is 3.39. The number of benzene rings is 3. The smallest absolute Gasteiger partial charge is 0.189 e. The highest BCUT2D eigenvalue weighted by Crippen LogP contribution is 2.36. The number of ether oxygens (including phenoxy) is 3. The van der Waals surface area contributed by atoms with Crippen LogP contribution in [0.25, 0.3) is 9.69 Å². The van der Waals surface area contributed by atoms with Gasteiger partial charge in [0, 0.05) is 23.8 Å². The third-order valence-corrected chi connectivity index (χ3v) is 6.82. The summed E-state index contributed by atoms with van der Waals surface area (Å²) in [5, 5.41) is 6.42. The number of halogens is 1. The molecule has 3 aromatic carbocycles. The molecule has 0 saturated heterocycles. The minimum atomic E-state index is 0. The Kier molecular flexibility index (Phi) is 12.1. The normalized spacial score (nSPS) is 13.2. The van der Waals surface area contributed by atoms with Crippen molar-refractivity contribution in [3.05, 3.63) is 100 Å². The van der Waals surface area contributed by atoms with E-state index >= 15 is 0 Å². The molecular formula is C32H36BrN7O3. The first kappa shape index (κ1) is 32.6. The van der Waals surface area contributed by atoms with Gasteiger partial charge >= 0.3 is 0 Å². The first-order chi connectivity index (χ1) is 20.1. The van der Waals surface area contributed by atoms with Crippen molar-refractivity contribution in [1.29, 1.82) is 0 Å². The number of rotatable bonds is 2. The van der Waals surface area contributed by atoms with Crippen LogP contribution in [0.4, 0.5) is 28.4 Å². The Bertz CT molecular complexity index is 1560. The molecule has 10 nitrogen and oxygen atoms in total. The van der Waals surface area contributed by atoms with Gasteiger partial charge in [-0.3, -0.25) is 0 Å². The van der Waals surface area contributed by atoms with Crippen LogP contribution in [0.3, 0.4) is 0 Å². The van der Waals surface area contributed by atoms with Crippen LogP contribution in [0.1, 0.15) is 20.5 Å². The van der Waals surface area contributed by atoms with Gasteiger partial charge in [-0.15, -0.1) is 0 Å². The lowest BCUT2D eigenvalue weighted by atomic mass is 10.2. The van der Waals surface area contributed by atoms with Crippen molar-refractivity contribution in [3.8, 4) is 17.2 Å². The van der Waals surface area contributed by atoms with Gasteiger partial charge in [0.15, 0.2) is 11.4 Å². The van der Waals surface area contributed by atoms with E-state index in [2.05, 4.69) is 51.1 Å². The maximum absolute atomic E-state index is 7.07. The van der Waals surface area contributed by atoms with Gasteiger partial charge in [0.2, 0.25) is 0 Å². The largest absolute Gasteiger partial charge is 0.490 e. The van der Waals surface area contributed by atoms with E-state index < -0.39 is 0 Å². The van der Waals surface area contributed by atoms with Crippen LogP contribution in [-0.2, 0) is 6.54 Å². The number of imidazole rings is 1. The number of nitrogens with zero attached hydrogens (tertiary/aromatic N) is 4. The highest BCUT2D eigenvalue weighted by molar-refractivity contribution is 9.10. The average Bonchev–Trinajstić information content (AvgIpc) is 3.54. The van der Waals surface area contributed by atoms with Crippen molar-refractivity contribution in [2.45, 2.75) is 21.4 Å². The standard InChI is InChI=1S/C13H12N4O.C9H8N2O.C8H8BrNO.2CH4/c1-14-10-2-3-13-12(6-10)17(4-5-18-13)8-11-7-15-9-16-11;1-10-7-2-3-9-8(6-7)11-4-5-12-9;9-6-1-2-8-7(5-6)10-3-4-11-8;;/h2-3,6-7,9H,4-5,8H2,(H,15,16);2-3,6,11H,4-5H2;1-2,5,10H,3-4H2;2*1H4. The zero-order valence-corrected chi connectivity index (χ0v) is 23.8. The third kappa shape index (κ3) is 8.57. The van der Waals surface area contributed by atoms with Gasteiger partial charge in [-0.25, -0.2) is 14.7 Å². The summed E-state index contributed by atoms with van der Waals surface area (Å²) in [4.78, 5) is 16.1. The number of aromatic amines is 1. The van der Waals surface area contributed by atoms with Crippen molar-refractivity contribution >= 4 is 44.4 Å². The van der Waals surface area contributed by atoms with Crippen LogP contribution < -0.4 is 29.7 Å². The van der Waals surface area contributed by atoms with E-state index in [0.717, 1.165) is 77.3 Å². The summed E-state index contributed by atoms with van der Waals surface area (Å²) in [6, 6.07) is 16.9. The fourth-order valence-electron chi connectivity index (χ4n) is 4.38. The molecule has 3 aliphatic rings. The molecule has 0 aliphatic carbocycles. The van der Waals surface area contributed by atoms with Gasteiger partial charge in [-0.2, -0.15) is 0 Å². The quantitative estimate of drug-likeness (QED) is 0.191. The molecule has 0 bridgehead atoms. The number of H-pyrrole nitrogens is 1. The predicted octanol–water partition coefficient (Wildman–Crippen LogP) is 7.93. The second-order valence-corrected chi connectivity index (χ2v) is 10.0. The van der Waals surface area contributed by atoms with E-state index in [1.54, 1.807) is 18.5 Å². The predicted molar refractivity (Wildman–Crippen MR) is 176 cm³/mol. The van der Waals surface area contributed by atoms with E-state index in [1.807, 2.05) is 48.7 Å². The minimum Gasteiger partial charge on any atom is -0.490 e. The topological polar surface area (TPSA) is 92.4 Å². The Labute approximate surface area is 261 Å². The molecule has 0 atom stereocenters. The summed E-state index contributed by atoms with van der Waals surface area (Å²) in [6.45, 7) is 19.3. The summed E-state index contributed by atoms with van der Waals surface area (Å²) in [5.74, 6) is 2.63. The van der Waals surface area contributed by atoms with Crippen molar-refractivity contribution in [1.82, 2.24) is 9.97 Å². The summed E-state index contributed by atoms with van der Waals surface area (Å²) in [7, 11) is 0. The molecule has 0 spiro atoms.